The maximum Gasteiger partial charge on any atom is 0.418 e. The Morgan fingerprint density at radius 1 is 1.16 bits per heavy atom. The number of nitrogens with zero attached hydrogens (tertiary/aromatic N) is 3. The van der Waals surface area contributed by atoms with Crippen molar-refractivity contribution in [1.82, 2.24) is 0 Å². The van der Waals surface area contributed by atoms with Crippen LogP contribution in [0.2, 0.25) is 0 Å². The van der Waals surface area contributed by atoms with E-state index in [-0.39, 0.29) is 15.5 Å². The molecule has 0 saturated heterocycles. The third-order valence-electron chi connectivity index (χ3n) is 3.63. The van der Waals surface area contributed by atoms with Crippen LogP contribution in [0.5, 0.6) is 0 Å². The number of guanidine groups is 1. The molecule has 1 atom stereocenters. The average Bonchev–Trinajstić information content (AvgIpc) is 2.83. The fourth-order valence-corrected chi connectivity index (χ4v) is 3.66. The second-order valence-electron chi connectivity index (χ2n) is 5.81. The number of rotatable bonds is 3. The summed E-state index contributed by atoms with van der Waals surface area (Å²) in [6, 6.07) is 4.36. The van der Waals surface area contributed by atoms with Crippen molar-refractivity contribution in [3.63, 3.8) is 0 Å². The lowest BCUT2D eigenvalue weighted by Gasteiger charge is -2.22. The molecule has 3 rings (SSSR count). The third-order valence-corrected chi connectivity index (χ3v) is 4.86. The topological polar surface area (TPSA) is 70.9 Å². The van der Waals surface area contributed by atoms with Crippen LogP contribution in [0.25, 0.3) is 0 Å². The van der Waals surface area contributed by atoms with Gasteiger partial charge >= 0.3 is 12.1 Å². The van der Waals surface area contributed by atoms with Crippen molar-refractivity contribution in [3.05, 3.63) is 52.8 Å². The largest absolute Gasteiger partial charge is 0.418 e. The van der Waals surface area contributed by atoms with Crippen LogP contribution < -0.4 is 4.72 Å². The van der Waals surface area contributed by atoms with Crippen LogP contribution in [-0.2, 0) is 16.2 Å². The van der Waals surface area contributed by atoms with E-state index in [1.807, 2.05) is 4.72 Å². The molecule has 2 aliphatic heterocycles. The number of benzene rings is 1. The fourth-order valence-electron chi connectivity index (χ4n) is 2.53. The highest BCUT2D eigenvalue weighted by molar-refractivity contribution is 7.96. The fraction of sp³-hybridized carbons (Fsp3) is 0.200. The summed E-state index contributed by atoms with van der Waals surface area (Å²) in [6.45, 7) is 1.79. The van der Waals surface area contributed by atoms with Gasteiger partial charge in [-0.2, -0.15) is 31.6 Å². The summed E-state index contributed by atoms with van der Waals surface area (Å²) in [5.74, 6) is 0.218. The summed E-state index contributed by atoms with van der Waals surface area (Å²) in [6.07, 6.45) is -0.101. The molecule has 0 fully saturated rings. The lowest BCUT2D eigenvalue weighted by atomic mass is 10.2. The number of halogens is 3. The van der Waals surface area contributed by atoms with E-state index in [1.54, 1.807) is 20.2 Å². The molecule has 0 bridgehead atoms. The number of hydrogen-bond donors (Lipinski definition) is 1. The molecule has 2 aliphatic rings. The first-order valence-corrected chi connectivity index (χ1v) is 8.60. The van der Waals surface area contributed by atoms with Crippen molar-refractivity contribution in [2.75, 3.05) is 11.8 Å². The molecule has 1 N–H and O–H groups in total. The van der Waals surface area contributed by atoms with Gasteiger partial charge in [-0.1, -0.05) is 12.1 Å². The quantitative estimate of drug-likeness (QED) is 0.830. The number of para-hydroxylation sites is 1. The lowest BCUT2D eigenvalue weighted by molar-refractivity contribution is -0.706. The Kier molecular flexibility index (Phi) is 3.84. The highest BCUT2D eigenvalue weighted by Gasteiger charge is 2.40. The minimum absolute atomic E-state index is 0.0699. The molecule has 0 saturated carbocycles. The molecular weight excluding hydrogens is 357 g/mol. The Morgan fingerprint density at radius 2 is 1.84 bits per heavy atom. The van der Waals surface area contributed by atoms with Gasteiger partial charge in [0, 0.05) is 11.8 Å². The summed E-state index contributed by atoms with van der Waals surface area (Å²) in [5.41, 5.74) is -0.817. The highest BCUT2D eigenvalue weighted by Crippen LogP contribution is 2.36. The first-order valence-electron chi connectivity index (χ1n) is 7.12. The molecule has 0 radical (unpaired) electrons. The van der Waals surface area contributed by atoms with E-state index >= 15 is 0 Å². The van der Waals surface area contributed by atoms with Crippen molar-refractivity contribution in [3.8, 4) is 0 Å². The van der Waals surface area contributed by atoms with Gasteiger partial charge in [0.2, 0.25) is 5.03 Å². The summed E-state index contributed by atoms with van der Waals surface area (Å²) in [7, 11) is -2.63. The maximum atomic E-state index is 13.0. The number of sulfonamides is 1. The van der Waals surface area contributed by atoms with Gasteiger partial charge in [-0.3, -0.25) is 4.72 Å². The predicted molar refractivity (Wildman–Crippen MR) is 87.9 cm³/mol. The number of fused-ring (bicyclic) bond motifs is 1. The van der Waals surface area contributed by atoms with Crippen LogP contribution in [0.4, 0.5) is 18.9 Å². The number of anilines is 1. The van der Waals surface area contributed by atoms with Crippen molar-refractivity contribution < 1.29 is 26.1 Å². The van der Waals surface area contributed by atoms with E-state index in [0.29, 0.717) is 0 Å². The Balaban J connectivity index is 1.98. The molecule has 1 unspecified atom stereocenters. The molecule has 0 aliphatic carbocycles. The first-order chi connectivity index (χ1) is 11.5. The third kappa shape index (κ3) is 3.22. The zero-order valence-electron chi connectivity index (χ0n) is 13.2. The molecule has 1 aromatic rings. The number of alkyl halides is 3. The van der Waals surface area contributed by atoms with E-state index in [2.05, 4.69) is 9.98 Å². The number of allylic oxidation sites excluding steroid dienone is 1. The van der Waals surface area contributed by atoms with Crippen molar-refractivity contribution in [2.45, 2.75) is 13.1 Å². The van der Waals surface area contributed by atoms with Crippen LogP contribution in [0, 0.1) is 0 Å². The standard InChI is InChI=1S/C15H14F3N4O2S/c1-10-7-19-14-20-13(9-22(14,2)8-10)25(23,24)21-12-6-4-3-5-11(12)15(16,17)18/h3-9,21H,1-2H3/q+1. The van der Waals surface area contributed by atoms with E-state index in [1.165, 1.54) is 24.5 Å². The van der Waals surface area contributed by atoms with Gasteiger partial charge in [-0.05, 0) is 19.1 Å². The molecular formula is C15H14F3N4O2S+. The van der Waals surface area contributed by atoms with Crippen molar-refractivity contribution in [1.29, 1.82) is 0 Å². The second-order valence-corrected chi connectivity index (χ2v) is 7.44. The Morgan fingerprint density at radius 3 is 2.52 bits per heavy atom. The van der Waals surface area contributed by atoms with Crippen LogP contribution in [-0.4, -0.2) is 32.1 Å². The van der Waals surface area contributed by atoms with E-state index < -0.39 is 27.5 Å². The van der Waals surface area contributed by atoms with Gasteiger partial charge in [0.05, 0.1) is 18.3 Å². The number of quaternary nitrogens is 1. The Labute approximate surface area is 142 Å². The van der Waals surface area contributed by atoms with Crippen molar-refractivity contribution >= 4 is 27.9 Å². The lowest BCUT2D eigenvalue weighted by Crippen LogP contribution is -2.38. The first kappa shape index (κ1) is 17.4. The van der Waals surface area contributed by atoms with Crippen molar-refractivity contribution in [2.24, 2.45) is 9.98 Å². The zero-order chi connectivity index (χ0) is 18.5. The molecule has 25 heavy (non-hydrogen) atoms. The van der Waals surface area contributed by atoms with E-state index in [4.69, 9.17) is 0 Å². The van der Waals surface area contributed by atoms with E-state index in [9.17, 15) is 21.6 Å². The van der Waals surface area contributed by atoms with Crippen LogP contribution in [0.15, 0.2) is 57.3 Å². The summed E-state index contributed by atoms with van der Waals surface area (Å²) in [5, 5.41) is -0.384. The number of nitrogens with one attached hydrogen (secondary N) is 1. The molecule has 1 aromatic carbocycles. The highest BCUT2D eigenvalue weighted by atomic mass is 32.2. The zero-order valence-corrected chi connectivity index (χ0v) is 14.1. The minimum Gasteiger partial charge on any atom is -0.278 e. The SMILES string of the molecule is CC1=C[N+]2(C)C=C(S(=O)(=O)Nc3ccccc3C(F)(F)F)N=C2N=C1. The summed E-state index contributed by atoms with van der Waals surface area (Å²) < 4.78 is 66.0. The molecule has 0 aromatic heterocycles. The normalized spacial score (nSPS) is 22.8. The van der Waals surface area contributed by atoms with Crippen LogP contribution >= 0.6 is 0 Å². The Bertz CT molecular complexity index is 961. The summed E-state index contributed by atoms with van der Waals surface area (Å²) >= 11 is 0. The van der Waals surface area contributed by atoms with Gasteiger partial charge in [0.1, 0.15) is 12.4 Å². The van der Waals surface area contributed by atoms with Gasteiger partial charge in [-0.25, -0.2) is 4.48 Å². The molecule has 132 valence electrons. The van der Waals surface area contributed by atoms with Crippen LogP contribution in [0.1, 0.15) is 12.5 Å². The second kappa shape index (κ2) is 5.53. The molecule has 10 heteroatoms. The molecule has 2 heterocycles. The maximum absolute atomic E-state index is 13.0. The van der Waals surface area contributed by atoms with Gasteiger partial charge in [-0.15, -0.1) is 0 Å². The van der Waals surface area contributed by atoms with Gasteiger partial charge < -0.3 is 0 Å². The molecule has 0 amide bonds. The number of hydrogen-bond acceptors (Lipinski definition) is 4. The summed E-state index contributed by atoms with van der Waals surface area (Å²) in [4.78, 5) is 8.03. The van der Waals surface area contributed by atoms with Gasteiger partial charge in [0.15, 0.2) is 0 Å². The predicted octanol–water partition coefficient (Wildman–Crippen LogP) is 3.05. The monoisotopic (exact) mass is 371 g/mol. The average molecular weight is 371 g/mol. The smallest absolute Gasteiger partial charge is 0.278 e. The van der Waals surface area contributed by atoms with Crippen LogP contribution in [0.3, 0.4) is 0 Å². The Hall–Kier alpha value is -2.46. The number of aliphatic imine (C=N–C) groups is 2. The van der Waals surface area contributed by atoms with Gasteiger partial charge in [0.25, 0.3) is 10.0 Å². The van der Waals surface area contributed by atoms with E-state index in [0.717, 1.165) is 17.7 Å². The molecule has 0 spiro atoms. The minimum atomic E-state index is -4.69. The molecule has 6 nitrogen and oxygen atoms in total.